The monoisotopic (exact) mass is 222 g/mol. The van der Waals surface area contributed by atoms with E-state index in [4.69, 9.17) is 0 Å². The number of halogens is 1. The summed E-state index contributed by atoms with van der Waals surface area (Å²) in [5.41, 5.74) is 1.17. The Morgan fingerprint density at radius 1 is 1.31 bits per heavy atom. The van der Waals surface area contributed by atoms with Gasteiger partial charge in [0.2, 0.25) is 0 Å². The van der Waals surface area contributed by atoms with Crippen molar-refractivity contribution in [2.24, 2.45) is 0 Å². The number of nitrogens with zero attached hydrogens (tertiary/aromatic N) is 1. The van der Waals surface area contributed by atoms with Gasteiger partial charge in [0.05, 0.1) is 0 Å². The zero-order chi connectivity index (χ0) is 11.4. The van der Waals surface area contributed by atoms with Crippen LogP contribution in [0.4, 0.5) is 4.39 Å². The molecule has 3 heteroatoms. The molecule has 0 amide bonds. The first kappa shape index (κ1) is 11.5. The average Bonchev–Trinajstić information content (AvgIpc) is 2.33. The summed E-state index contributed by atoms with van der Waals surface area (Å²) in [6.07, 6.45) is 6.71. The molecular weight excluding hydrogens is 203 g/mol. The van der Waals surface area contributed by atoms with Crippen molar-refractivity contribution in [3.8, 4) is 0 Å². The summed E-state index contributed by atoms with van der Waals surface area (Å²) in [4.78, 5) is 3.99. The van der Waals surface area contributed by atoms with Crippen LogP contribution in [0.15, 0.2) is 24.5 Å². The molecule has 0 radical (unpaired) electrons. The van der Waals surface area contributed by atoms with Gasteiger partial charge in [-0.05, 0) is 37.5 Å². The Kier molecular flexibility index (Phi) is 3.88. The smallest absolute Gasteiger partial charge is 0.115 e. The van der Waals surface area contributed by atoms with Gasteiger partial charge in [-0.1, -0.05) is 12.8 Å². The normalized spacial score (nSPS) is 27.6. The molecule has 1 fully saturated rings. The summed E-state index contributed by atoms with van der Waals surface area (Å²) in [5, 5.41) is 3.38. The van der Waals surface area contributed by atoms with Gasteiger partial charge in [-0.15, -0.1) is 0 Å². The standard InChI is InChI=1S/C13H19FN2/c1-10(11-6-8-15-9-7-11)16-13-5-3-2-4-12(13)14/h6-10,12-13,16H,2-5H2,1H3/t10?,12-,13+/m0/s1. The van der Waals surface area contributed by atoms with Crippen LogP contribution in [0.3, 0.4) is 0 Å². The molecule has 88 valence electrons. The lowest BCUT2D eigenvalue weighted by atomic mass is 9.92. The first-order chi connectivity index (χ1) is 7.77. The molecule has 0 aliphatic heterocycles. The zero-order valence-electron chi connectivity index (χ0n) is 9.70. The van der Waals surface area contributed by atoms with Gasteiger partial charge in [0.1, 0.15) is 6.17 Å². The molecular formula is C13H19FN2. The average molecular weight is 222 g/mol. The molecule has 0 saturated heterocycles. The second-order valence-electron chi connectivity index (χ2n) is 4.58. The SMILES string of the molecule is CC(N[C@@H]1CCCC[C@@H]1F)c1ccncc1. The van der Waals surface area contributed by atoms with E-state index in [0.29, 0.717) is 6.42 Å². The maximum absolute atomic E-state index is 13.6. The number of pyridine rings is 1. The maximum Gasteiger partial charge on any atom is 0.115 e. The Labute approximate surface area is 96.3 Å². The Balaban J connectivity index is 1.94. The van der Waals surface area contributed by atoms with E-state index in [9.17, 15) is 4.39 Å². The van der Waals surface area contributed by atoms with Crippen LogP contribution in [0, 0.1) is 0 Å². The summed E-state index contributed by atoms with van der Waals surface area (Å²) in [5.74, 6) is 0. The minimum Gasteiger partial charge on any atom is -0.305 e. The van der Waals surface area contributed by atoms with Crippen LogP contribution in [0.2, 0.25) is 0 Å². The Hall–Kier alpha value is -0.960. The van der Waals surface area contributed by atoms with Crippen LogP contribution < -0.4 is 5.32 Å². The van der Waals surface area contributed by atoms with Gasteiger partial charge in [0.15, 0.2) is 0 Å². The van der Waals surface area contributed by atoms with Crippen LogP contribution in [0.5, 0.6) is 0 Å². The predicted molar refractivity (Wildman–Crippen MR) is 62.9 cm³/mol. The topological polar surface area (TPSA) is 24.9 Å². The fourth-order valence-corrected chi connectivity index (χ4v) is 2.34. The Morgan fingerprint density at radius 2 is 2.00 bits per heavy atom. The van der Waals surface area contributed by atoms with Crippen molar-refractivity contribution in [1.82, 2.24) is 10.3 Å². The van der Waals surface area contributed by atoms with Gasteiger partial charge in [-0.25, -0.2) is 4.39 Å². The molecule has 2 rings (SSSR count). The third-order valence-corrected chi connectivity index (χ3v) is 3.35. The van der Waals surface area contributed by atoms with Gasteiger partial charge in [-0.2, -0.15) is 0 Å². The van der Waals surface area contributed by atoms with Crippen molar-refractivity contribution in [2.75, 3.05) is 0 Å². The Bertz CT molecular complexity index is 315. The molecule has 0 spiro atoms. The second kappa shape index (κ2) is 5.39. The molecule has 1 aliphatic carbocycles. The molecule has 3 atom stereocenters. The summed E-state index contributed by atoms with van der Waals surface area (Å²) in [6.45, 7) is 2.08. The second-order valence-corrected chi connectivity index (χ2v) is 4.58. The minimum atomic E-state index is -0.682. The van der Waals surface area contributed by atoms with E-state index in [1.165, 1.54) is 5.56 Å². The van der Waals surface area contributed by atoms with E-state index < -0.39 is 6.17 Å². The Morgan fingerprint density at radius 3 is 2.69 bits per heavy atom. The number of hydrogen-bond donors (Lipinski definition) is 1. The molecule has 1 N–H and O–H groups in total. The van der Waals surface area contributed by atoms with Crippen molar-refractivity contribution in [2.45, 2.75) is 50.9 Å². The molecule has 0 bridgehead atoms. The first-order valence-corrected chi connectivity index (χ1v) is 6.07. The number of aromatic nitrogens is 1. The lowest BCUT2D eigenvalue weighted by molar-refractivity contribution is 0.180. The fraction of sp³-hybridized carbons (Fsp3) is 0.615. The third-order valence-electron chi connectivity index (χ3n) is 3.35. The largest absolute Gasteiger partial charge is 0.305 e. The molecule has 16 heavy (non-hydrogen) atoms. The molecule has 1 saturated carbocycles. The minimum absolute atomic E-state index is 0.0249. The highest BCUT2D eigenvalue weighted by Gasteiger charge is 2.25. The van der Waals surface area contributed by atoms with E-state index in [1.807, 2.05) is 12.1 Å². The lowest BCUT2D eigenvalue weighted by Gasteiger charge is -2.29. The zero-order valence-corrected chi connectivity index (χ0v) is 9.70. The molecule has 1 heterocycles. The highest BCUT2D eigenvalue weighted by atomic mass is 19.1. The van der Waals surface area contributed by atoms with E-state index >= 15 is 0 Å². The summed E-state index contributed by atoms with van der Waals surface area (Å²) in [6, 6.07) is 4.18. The first-order valence-electron chi connectivity index (χ1n) is 6.07. The molecule has 1 unspecified atom stereocenters. The number of alkyl halides is 1. The predicted octanol–water partition coefficient (Wildman–Crippen LogP) is 3.01. The van der Waals surface area contributed by atoms with Gasteiger partial charge < -0.3 is 5.32 Å². The van der Waals surface area contributed by atoms with Crippen LogP contribution in [0.1, 0.15) is 44.2 Å². The van der Waals surface area contributed by atoms with E-state index in [0.717, 1.165) is 19.3 Å². The van der Waals surface area contributed by atoms with Crippen molar-refractivity contribution in [3.63, 3.8) is 0 Å². The summed E-state index contributed by atoms with van der Waals surface area (Å²) in [7, 11) is 0. The van der Waals surface area contributed by atoms with Gasteiger partial charge in [0.25, 0.3) is 0 Å². The molecule has 2 nitrogen and oxygen atoms in total. The van der Waals surface area contributed by atoms with E-state index in [-0.39, 0.29) is 12.1 Å². The van der Waals surface area contributed by atoms with E-state index in [2.05, 4.69) is 17.2 Å². The van der Waals surface area contributed by atoms with E-state index in [1.54, 1.807) is 12.4 Å². The van der Waals surface area contributed by atoms with Crippen molar-refractivity contribution >= 4 is 0 Å². The number of nitrogens with one attached hydrogen (secondary N) is 1. The number of hydrogen-bond acceptors (Lipinski definition) is 2. The van der Waals surface area contributed by atoms with Crippen molar-refractivity contribution in [3.05, 3.63) is 30.1 Å². The highest BCUT2D eigenvalue weighted by Crippen LogP contribution is 2.23. The van der Waals surface area contributed by atoms with Crippen LogP contribution >= 0.6 is 0 Å². The maximum atomic E-state index is 13.6. The number of rotatable bonds is 3. The summed E-state index contributed by atoms with van der Waals surface area (Å²) >= 11 is 0. The van der Waals surface area contributed by atoms with Gasteiger partial charge in [0, 0.05) is 24.5 Å². The molecule has 0 aromatic carbocycles. The summed E-state index contributed by atoms with van der Waals surface area (Å²) < 4.78 is 13.6. The third kappa shape index (κ3) is 2.79. The van der Waals surface area contributed by atoms with Gasteiger partial charge in [-0.3, -0.25) is 4.98 Å². The fourth-order valence-electron chi connectivity index (χ4n) is 2.34. The van der Waals surface area contributed by atoms with Gasteiger partial charge >= 0.3 is 0 Å². The highest BCUT2D eigenvalue weighted by molar-refractivity contribution is 5.14. The molecule has 1 aromatic heterocycles. The van der Waals surface area contributed by atoms with Crippen molar-refractivity contribution < 1.29 is 4.39 Å². The molecule has 1 aromatic rings. The lowest BCUT2D eigenvalue weighted by Crippen LogP contribution is -2.41. The molecule has 1 aliphatic rings. The quantitative estimate of drug-likeness (QED) is 0.850. The van der Waals surface area contributed by atoms with Crippen molar-refractivity contribution in [1.29, 1.82) is 0 Å². The van der Waals surface area contributed by atoms with Crippen LogP contribution in [-0.2, 0) is 0 Å². The van der Waals surface area contributed by atoms with Crippen LogP contribution in [0.25, 0.3) is 0 Å². The van der Waals surface area contributed by atoms with Crippen LogP contribution in [-0.4, -0.2) is 17.2 Å².